The number of aryl methyl sites for hydroxylation is 3. The van der Waals surface area contributed by atoms with Crippen LogP contribution in [0.5, 0.6) is 0 Å². The van der Waals surface area contributed by atoms with E-state index in [1.165, 1.54) is 0 Å². The van der Waals surface area contributed by atoms with E-state index >= 15 is 0 Å². The SMILES string of the molecule is Cc1noc(C)c1CS(=O)C(CCc1ccccc1)C(=O)O. The molecule has 0 bridgehead atoms. The molecule has 22 heavy (non-hydrogen) atoms. The van der Waals surface area contributed by atoms with Gasteiger partial charge in [-0.2, -0.15) is 0 Å². The van der Waals surface area contributed by atoms with Crippen LogP contribution in [0.3, 0.4) is 0 Å². The Labute approximate surface area is 131 Å². The van der Waals surface area contributed by atoms with Gasteiger partial charge in [-0.3, -0.25) is 9.00 Å². The molecule has 1 aromatic heterocycles. The lowest BCUT2D eigenvalue weighted by atomic mass is 10.1. The Balaban J connectivity index is 2.04. The van der Waals surface area contributed by atoms with Gasteiger partial charge in [0.2, 0.25) is 0 Å². The summed E-state index contributed by atoms with van der Waals surface area (Å²) in [5, 5.41) is 12.3. The molecule has 2 rings (SSSR count). The maximum atomic E-state index is 12.4. The third-order valence-electron chi connectivity index (χ3n) is 3.60. The third kappa shape index (κ3) is 4.04. The van der Waals surface area contributed by atoms with E-state index in [4.69, 9.17) is 4.52 Å². The highest BCUT2D eigenvalue weighted by Gasteiger charge is 2.26. The fourth-order valence-electron chi connectivity index (χ4n) is 2.26. The van der Waals surface area contributed by atoms with Crippen molar-refractivity contribution in [3.05, 3.63) is 52.9 Å². The molecule has 5 nitrogen and oxygen atoms in total. The predicted molar refractivity (Wildman–Crippen MR) is 84.0 cm³/mol. The monoisotopic (exact) mass is 321 g/mol. The largest absolute Gasteiger partial charge is 0.480 e. The quantitative estimate of drug-likeness (QED) is 0.848. The second-order valence-electron chi connectivity index (χ2n) is 5.18. The van der Waals surface area contributed by atoms with Crippen molar-refractivity contribution in [1.82, 2.24) is 5.16 Å². The van der Waals surface area contributed by atoms with Crippen LogP contribution in [0.25, 0.3) is 0 Å². The highest BCUT2D eigenvalue weighted by Crippen LogP contribution is 2.18. The van der Waals surface area contributed by atoms with Crippen molar-refractivity contribution in [2.24, 2.45) is 0 Å². The van der Waals surface area contributed by atoms with E-state index in [9.17, 15) is 14.1 Å². The van der Waals surface area contributed by atoms with Gasteiger partial charge in [0.1, 0.15) is 11.0 Å². The van der Waals surface area contributed by atoms with Crippen LogP contribution in [-0.4, -0.2) is 25.7 Å². The molecule has 0 aliphatic carbocycles. The number of aromatic nitrogens is 1. The molecule has 2 atom stereocenters. The van der Waals surface area contributed by atoms with Crippen molar-refractivity contribution in [1.29, 1.82) is 0 Å². The molecule has 0 aliphatic rings. The first-order chi connectivity index (χ1) is 10.5. The Hall–Kier alpha value is -1.95. The summed E-state index contributed by atoms with van der Waals surface area (Å²) in [6.45, 7) is 3.51. The number of hydrogen-bond donors (Lipinski definition) is 1. The van der Waals surface area contributed by atoms with E-state index in [-0.39, 0.29) is 5.75 Å². The summed E-state index contributed by atoms with van der Waals surface area (Å²) in [6.07, 6.45) is 0.931. The van der Waals surface area contributed by atoms with Crippen molar-refractivity contribution < 1.29 is 18.6 Å². The minimum atomic E-state index is -1.51. The summed E-state index contributed by atoms with van der Waals surface area (Å²) in [5.74, 6) is -0.272. The summed E-state index contributed by atoms with van der Waals surface area (Å²) in [7, 11) is -1.51. The predicted octanol–water partition coefficient (Wildman–Crippen LogP) is 2.63. The van der Waals surface area contributed by atoms with Gasteiger partial charge in [0.25, 0.3) is 0 Å². The Kier molecular flexibility index (Phi) is 5.49. The van der Waals surface area contributed by atoms with Crippen molar-refractivity contribution in [2.75, 3.05) is 0 Å². The first-order valence-electron chi connectivity index (χ1n) is 7.04. The molecule has 118 valence electrons. The molecule has 0 fully saturated rings. The maximum Gasteiger partial charge on any atom is 0.319 e. The molecular weight excluding hydrogens is 302 g/mol. The molecule has 0 radical (unpaired) electrons. The van der Waals surface area contributed by atoms with Gasteiger partial charge >= 0.3 is 5.97 Å². The number of benzene rings is 1. The zero-order valence-electron chi connectivity index (χ0n) is 12.6. The lowest BCUT2D eigenvalue weighted by Gasteiger charge is -2.12. The van der Waals surface area contributed by atoms with Crippen molar-refractivity contribution >= 4 is 16.8 Å². The number of carboxylic acids is 1. The molecule has 0 spiro atoms. The van der Waals surface area contributed by atoms with Crippen LogP contribution in [0.2, 0.25) is 0 Å². The van der Waals surface area contributed by atoms with Crippen LogP contribution in [0.4, 0.5) is 0 Å². The minimum absolute atomic E-state index is 0.160. The number of nitrogens with zero attached hydrogens (tertiary/aromatic N) is 1. The number of rotatable bonds is 7. The first-order valence-corrected chi connectivity index (χ1v) is 8.43. The molecule has 1 N–H and O–H groups in total. The fraction of sp³-hybridized carbons (Fsp3) is 0.375. The molecule has 2 aromatic rings. The van der Waals surface area contributed by atoms with Crippen molar-refractivity contribution in [3.8, 4) is 0 Å². The first kappa shape index (κ1) is 16.4. The second-order valence-corrected chi connectivity index (χ2v) is 6.80. The Bertz CT molecular complexity index is 647. The summed E-state index contributed by atoms with van der Waals surface area (Å²) < 4.78 is 17.5. The topological polar surface area (TPSA) is 80.4 Å². The highest BCUT2D eigenvalue weighted by atomic mass is 32.2. The van der Waals surface area contributed by atoms with Crippen LogP contribution < -0.4 is 0 Å². The molecule has 0 saturated heterocycles. The summed E-state index contributed by atoms with van der Waals surface area (Å²) >= 11 is 0. The third-order valence-corrected chi connectivity index (χ3v) is 5.24. The smallest absolute Gasteiger partial charge is 0.319 e. The standard InChI is InChI=1S/C16H19NO4S/c1-11-14(12(2)21-17-11)10-22(20)15(16(18)19)9-8-13-6-4-3-5-7-13/h3-7,15H,8-10H2,1-2H3,(H,18,19). The molecule has 2 unspecified atom stereocenters. The van der Waals surface area contributed by atoms with E-state index in [0.717, 1.165) is 11.1 Å². The van der Waals surface area contributed by atoms with Crippen LogP contribution in [-0.2, 0) is 27.8 Å². The molecule has 6 heteroatoms. The van der Waals surface area contributed by atoms with E-state index < -0.39 is 22.0 Å². The number of carbonyl (C=O) groups is 1. The van der Waals surface area contributed by atoms with E-state index in [0.29, 0.717) is 24.3 Å². The summed E-state index contributed by atoms with van der Waals surface area (Å²) in [6, 6.07) is 9.61. The van der Waals surface area contributed by atoms with Crippen LogP contribution >= 0.6 is 0 Å². The normalized spacial score (nSPS) is 13.7. The molecule has 0 aliphatic heterocycles. The molecule has 1 aromatic carbocycles. The zero-order valence-corrected chi connectivity index (χ0v) is 13.4. The number of hydrogen-bond acceptors (Lipinski definition) is 4. The Morgan fingerprint density at radius 1 is 1.32 bits per heavy atom. The molecular formula is C16H19NO4S. The Morgan fingerprint density at radius 3 is 2.55 bits per heavy atom. The second kappa shape index (κ2) is 7.35. The average molecular weight is 321 g/mol. The van der Waals surface area contributed by atoms with Gasteiger partial charge in [-0.05, 0) is 32.3 Å². The van der Waals surface area contributed by atoms with E-state index in [1.54, 1.807) is 13.8 Å². The van der Waals surface area contributed by atoms with Gasteiger partial charge in [0.05, 0.1) is 11.4 Å². The van der Waals surface area contributed by atoms with Crippen LogP contribution in [0.1, 0.15) is 29.0 Å². The number of aliphatic carboxylic acids is 1. The lowest BCUT2D eigenvalue weighted by molar-refractivity contribution is -0.136. The minimum Gasteiger partial charge on any atom is -0.480 e. The summed E-state index contributed by atoms with van der Waals surface area (Å²) in [5.41, 5.74) is 2.45. The maximum absolute atomic E-state index is 12.4. The lowest BCUT2D eigenvalue weighted by Crippen LogP contribution is -2.27. The molecule has 0 saturated carbocycles. The van der Waals surface area contributed by atoms with Gasteiger partial charge in [0, 0.05) is 16.4 Å². The van der Waals surface area contributed by atoms with Gasteiger partial charge in [-0.15, -0.1) is 0 Å². The summed E-state index contributed by atoms with van der Waals surface area (Å²) in [4.78, 5) is 11.4. The van der Waals surface area contributed by atoms with Gasteiger partial charge in [-0.1, -0.05) is 35.5 Å². The average Bonchev–Trinajstić information content (AvgIpc) is 2.80. The Morgan fingerprint density at radius 2 is 2.00 bits per heavy atom. The zero-order chi connectivity index (χ0) is 16.1. The van der Waals surface area contributed by atoms with Crippen molar-refractivity contribution in [2.45, 2.75) is 37.7 Å². The van der Waals surface area contributed by atoms with E-state index in [1.807, 2.05) is 30.3 Å². The van der Waals surface area contributed by atoms with Gasteiger partial charge < -0.3 is 9.63 Å². The van der Waals surface area contributed by atoms with Crippen LogP contribution in [0, 0.1) is 13.8 Å². The van der Waals surface area contributed by atoms with Gasteiger partial charge in [0.15, 0.2) is 0 Å². The van der Waals surface area contributed by atoms with Crippen molar-refractivity contribution in [3.63, 3.8) is 0 Å². The van der Waals surface area contributed by atoms with E-state index in [2.05, 4.69) is 5.16 Å². The number of carboxylic acid groups (broad SMARTS) is 1. The molecule has 1 heterocycles. The van der Waals surface area contributed by atoms with Gasteiger partial charge in [-0.25, -0.2) is 0 Å². The van der Waals surface area contributed by atoms with Crippen LogP contribution in [0.15, 0.2) is 34.9 Å². The molecule has 0 amide bonds. The highest BCUT2D eigenvalue weighted by molar-refractivity contribution is 7.85. The fourth-order valence-corrected chi connectivity index (χ4v) is 3.76.